The number of carboxylic acids is 6. The Morgan fingerprint density at radius 2 is 1.07 bits per heavy atom. The normalized spacial score (nSPS) is 16.3. The third-order valence-electron chi connectivity index (χ3n) is 13.4. The van der Waals surface area contributed by atoms with Crippen LogP contribution in [0.1, 0.15) is 37.4 Å². The largest absolute Gasteiger partial charge is 3.00 e. The summed E-state index contributed by atoms with van der Waals surface area (Å²) in [7, 11) is 0. The zero-order valence-electron chi connectivity index (χ0n) is 46.3. The van der Waals surface area contributed by atoms with Crippen molar-refractivity contribution in [2.45, 2.75) is 81.3 Å². The molecule has 0 spiro atoms. The molecule has 2 aromatic carbocycles. The van der Waals surface area contributed by atoms with E-state index in [1.54, 1.807) is 30.3 Å². The van der Waals surface area contributed by atoms with E-state index in [2.05, 4.69) is 47.2 Å². The van der Waals surface area contributed by atoms with E-state index in [0.717, 1.165) is 6.92 Å². The molecule has 12 N–H and O–H groups in total. The number of amides is 5. The Morgan fingerprint density at radius 3 is 1.55 bits per heavy atom. The van der Waals surface area contributed by atoms with E-state index in [9.17, 15) is 103 Å². The molecule has 86 heavy (non-hydrogen) atoms. The fourth-order valence-electron chi connectivity index (χ4n) is 8.86. The summed E-state index contributed by atoms with van der Waals surface area (Å²) in [5, 5.41) is 103. The summed E-state index contributed by atoms with van der Waals surface area (Å²) in [5.41, 5.74) is -2.48. The minimum absolute atomic E-state index is 0. The molecule has 1 aromatic heterocycles. The number of nitrogens with one attached hydrogen (secondary N) is 8. The smallest absolute Gasteiger partial charge is 0.549 e. The number of aromatic nitrogens is 2. The topological polar surface area (TPSA) is 521 Å². The maximum atomic E-state index is 13.8. The van der Waals surface area contributed by atoms with Crippen molar-refractivity contribution in [3.63, 3.8) is 0 Å². The number of rotatable bonds is 34. The fraction of sp³-hybridized carbons (Fsp3) is 0.529. The fourth-order valence-corrected chi connectivity index (χ4v) is 8.86. The van der Waals surface area contributed by atoms with E-state index in [1.165, 1.54) is 32.1 Å². The standard InChI is InChI=1S/C51H71N13O21.Gd/c1-28(45(77)57-32(19-30-21-52-27-54-30)48(80)59-34(25-65)49(81)58-31(18-29-6-3-2-4-7-29)47(79)60-35(26-66)50(82)83)55-46(78)33(20-37(67)68)56-42-41(43(75)44(42)76)53-9-5-8-36(51(84)85)64-16-14-62(23-39(71)72)12-10-61(22-38(69)70)11-13-63(15-17-64)24-40(73)74;/h2-4,6-7,21,27-28,31-36,53,56,65-66H,5,8-20,22-26H2,1H3,(H,52,54)(H,55,78)(H,57,77)(H,58,81)(H,59,80)(H,60,79)(H,67,68)(H,69,70)(H,71,72)(H,73,74)(H,82,83)(H,84,85);/q;+3/p-4/t28-,31-,32-,33-,34-,35-,36?;/m0./s1. The van der Waals surface area contributed by atoms with Gasteiger partial charge in [0.2, 0.25) is 29.5 Å². The molecule has 7 atom stereocenters. The molecule has 1 aliphatic heterocycles. The minimum atomic E-state index is -1.85. The van der Waals surface area contributed by atoms with Gasteiger partial charge in [-0.05, 0) is 25.3 Å². The number of carboxylic acid groups (broad SMARTS) is 6. The van der Waals surface area contributed by atoms with Crippen molar-refractivity contribution in [2.75, 3.05) is 102 Å². The van der Waals surface area contributed by atoms with Crippen molar-refractivity contribution < 1.29 is 134 Å². The number of aliphatic hydroxyl groups is 2. The molecule has 5 amide bonds. The SMILES string of the molecule is C[C@H](NC(=O)[C@H](CC(=O)O)Nc1c(NCCCC(C(=O)[O-])N2CCN(CC(=O)[O-])CCN(CC(=O)[O-])CCN(CC(=O)[O-])CC2)c(=O)c1=O)C(=O)N[C@@H](Cc1cnc[nH]1)C(=O)N[C@@H](CO)C(=O)N[C@@H](Cc1ccccc1)C(=O)N[C@@H](CO)C(=O)O.[Gd+3]. The molecule has 3 aromatic rings. The molecule has 34 nitrogen and oxygen atoms in total. The molecule has 2 heterocycles. The Kier molecular flexibility index (Phi) is 30.7. The number of H-pyrrole nitrogens is 1. The molecule has 0 saturated carbocycles. The van der Waals surface area contributed by atoms with Crippen molar-refractivity contribution in [3.05, 3.63) is 74.6 Å². The number of aliphatic carboxylic acids is 6. The van der Waals surface area contributed by atoms with Gasteiger partial charge in [0, 0.05) is 109 Å². The number of anilines is 2. The number of aromatic amines is 1. The zero-order chi connectivity index (χ0) is 62.9. The van der Waals surface area contributed by atoms with E-state index < -0.39 is 169 Å². The molecule has 1 radical (unpaired) electrons. The third-order valence-corrected chi connectivity index (χ3v) is 13.4. The summed E-state index contributed by atoms with van der Waals surface area (Å²) in [4.78, 5) is 177. The second-order valence-corrected chi connectivity index (χ2v) is 19.7. The second-order valence-electron chi connectivity index (χ2n) is 19.7. The van der Waals surface area contributed by atoms with Gasteiger partial charge in [0.25, 0.3) is 10.9 Å². The Bertz CT molecular complexity index is 2850. The molecule has 1 unspecified atom stereocenters. The van der Waals surface area contributed by atoms with Gasteiger partial charge in [-0.2, -0.15) is 0 Å². The van der Waals surface area contributed by atoms with Crippen molar-refractivity contribution >= 4 is 76.7 Å². The molecular formula is C51H67GdN13O21-. The maximum absolute atomic E-state index is 13.8. The monoisotopic (exact) mass is 1360 g/mol. The summed E-state index contributed by atoms with van der Waals surface area (Å²) < 4.78 is 0. The van der Waals surface area contributed by atoms with Crippen molar-refractivity contribution in [3.8, 4) is 0 Å². The quantitative estimate of drug-likeness (QED) is 0.0195. The summed E-state index contributed by atoms with van der Waals surface area (Å²) in [5.74, 6) is -14.7. The van der Waals surface area contributed by atoms with Crippen LogP contribution in [0, 0.1) is 39.9 Å². The van der Waals surface area contributed by atoms with E-state index >= 15 is 0 Å². The molecular weight excluding hydrogens is 1290 g/mol. The van der Waals surface area contributed by atoms with Gasteiger partial charge in [-0.1, -0.05) is 30.3 Å². The number of nitrogens with zero attached hydrogens (tertiary/aromatic N) is 5. The molecule has 1 saturated heterocycles. The van der Waals surface area contributed by atoms with E-state index in [1.807, 2.05) is 0 Å². The third kappa shape index (κ3) is 24.0. The van der Waals surface area contributed by atoms with E-state index in [0.29, 0.717) is 5.56 Å². The Hall–Kier alpha value is -7.64. The number of hydrogen-bond acceptors (Lipinski definition) is 26. The number of imidazole rings is 1. The zero-order valence-corrected chi connectivity index (χ0v) is 48.6. The molecule has 4 rings (SSSR count). The van der Waals surface area contributed by atoms with Crippen LogP contribution < -0.4 is 68.5 Å². The first-order chi connectivity index (χ1) is 40.3. The van der Waals surface area contributed by atoms with Crippen LogP contribution in [0.4, 0.5) is 11.4 Å². The Morgan fingerprint density at radius 1 is 0.605 bits per heavy atom. The van der Waals surface area contributed by atoms with Crippen LogP contribution in [0.3, 0.4) is 0 Å². The van der Waals surface area contributed by atoms with Crippen LogP contribution in [-0.2, 0) is 65.6 Å². The van der Waals surface area contributed by atoms with Crippen molar-refractivity contribution in [2.24, 2.45) is 0 Å². The minimum Gasteiger partial charge on any atom is -0.549 e. The van der Waals surface area contributed by atoms with Crippen LogP contribution in [0.2, 0.25) is 0 Å². The molecule has 1 fully saturated rings. The van der Waals surface area contributed by atoms with E-state index in [4.69, 9.17) is 0 Å². The first kappa shape index (κ1) is 72.6. The Labute approximate surface area is 521 Å². The van der Waals surface area contributed by atoms with Crippen LogP contribution in [0.5, 0.6) is 0 Å². The van der Waals surface area contributed by atoms with Gasteiger partial charge in [0.05, 0.1) is 49.8 Å². The second kappa shape index (κ2) is 36.4. The number of benzene rings is 1. The summed E-state index contributed by atoms with van der Waals surface area (Å²) in [6.45, 7) is -3.26. The molecule has 1 aliphatic rings. The molecule has 35 heteroatoms. The predicted molar refractivity (Wildman–Crippen MR) is 283 cm³/mol. The first-order valence-corrected chi connectivity index (χ1v) is 26.5. The van der Waals surface area contributed by atoms with Gasteiger partial charge in [0.15, 0.2) is 0 Å². The Balaban J connectivity index is 0.0000194. The van der Waals surface area contributed by atoms with Gasteiger partial charge in [-0.25, -0.2) is 9.78 Å². The van der Waals surface area contributed by atoms with Crippen LogP contribution in [0.15, 0.2) is 52.4 Å². The number of carbonyl (C=O) groups excluding carboxylic acids is 9. The summed E-state index contributed by atoms with van der Waals surface area (Å²) >= 11 is 0. The molecule has 0 aliphatic carbocycles. The molecule has 471 valence electrons. The van der Waals surface area contributed by atoms with Gasteiger partial charge < -0.3 is 102 Å². The van der Waals surface area contributed by atoms with Crippen molar-refractivity contribution in [1.82, 2.24) is 56.2 Å². The van der Waals surface area contributed by atoms with Crippen LogP contribution in [-0.4, -0.2) is 249 Å². The van der Waals surface area contributed by atoms with Gasteiger partial charge in [0.1, 0.15) is 47.6 Å². The number of hydrogen-bond donors (Lipinski definition) is 12. The van der Waals surface area contributed by atoms with E-state index in [-0.39, 0.29) is 130 Å². The summed E-state index contributed by atoms with van der Waals surface area (Å²) in [6.07, 6.45) is 0.653. The summed E-state index contributed by atoms with van der Waals surface area (Å²) in [6, 6.07) is -3.42. The van der Waals surface area contributed by atoms with Crippen molar-refractivity contribution in [1.29, 1.82) is 0 Å². The average Bonchev–Trinajstić information content (AvgIpc) is 1.09. The maximum Gasteiger partial charge on any atom is 3.00 e. The van der Waals surface area contributed by atoms with Crippen LogP contribution >= 0.6 is 0 Å². The van der Waals surface area contributed by atoms with Gasteiger partial charge in [-0.3, -0.25) is 58.0 Å². The predicted octanol–water partition coefficient (Wildman–Crippen LogP) is -12.0. The average molecular weight is 1360 g/mol. The number of aliphatic hydroxyl groups excluding tert-OH is 2. The van der Waals surface area contributed by atoms with Crippen LogP contribution in [0.25, 0.3) is 0 Å². The van der Waals surface area contributed by atoms with Gasteiger partial charge in [-0.15, -0.1) is 0 Å². The molecule has 0 bridgehead atoms. The van der Waals surface area contributed by atoms with Gasteiger partial charge >= 0.3 is 51.9 Å². The number of carbonyl (C=O) groups is 11. The first-order valence-electron chi connectivity index (χ1n) is 26.5.